The Kier molecular flexibility index (Phi) is 6.48. The first-order valence-electron chi connectivity index (χ1n) is 8.03. The monoisotopic (exact) mass is 358 g/mol. The maximum atomic E-state index is 12.3. The van der Waals surface area contributed by atoms with Gasteiger partial charge in [-0.2, -0.15) is 0 Å². The summed E-state index contributed by atoms with van der Waals surface area (Å²) in [5.41, 5.74) is 0.283. The molecule has 25 heavy (non-hydrogen) atoms. The number of carbonyl (C=O) groups excluding carboxylic acids is 1. The minimum absolute atomic E-state index is 0.119. The Morgan fingerprint density at radius 2 is 2.20 bits per heavy atom. The second-order valence-corrected chi connectivity index (χ2v) is 6.40. The van der Waals surface area contributed by atoms with E-state index in [1.54, 1.807) is 13.4 Å². The van der Waals surface area contributed by atoms with E-state index in [9.17, 15) is 4.79 Å². The number of thioether (sulfide) groups is 1. The number of methoxy groups -OCH3 is 1. The topological polar surface area (TPSA) is 69.0 Å². The summed E-state index contributed by atoms with van der Waals surface area (Å²) in [5.74, 6) is 3.54. The van der Waals surface area contributed by atoms with E-state index in [0.29, 0.717) is 18.0 Å². The third kappa shape index (κ3) is 4.54. The van der Waals surface area contributed by atoms with Crippen LogP contribution in [0.3, 0.4) is 0 Å². The summed E-state index contributed by atoms with van der Waals surface area (Å²) < 4.78 is 7.05. The minimum atomic E-state index is -0.585. The third-order valence-electron chi connectivity index (χ3n) is 4.04. The number of rotatable bonds is 8. The number of ether oxygens (including phenoxy) is 1. The zero-order valence-electron chi connectivity index (χ0n) is 14.7. The van der Waals surface area contributed by atoms with Crippen molar-refractivity contribution in [2.24, 2.45) is 0 Å². The number of terminal acetylenes is 1. The fourth-order valence-corrected chi connectivity index (χ4v) is 3.09. The van der Waals surface area contributed by atoms with Crippen LogP contribution in [0.1, 0.15) is 26.7 Å². The molecule has 0 fully saturated rings. The molecule has 0 atom stereocenters. The zero-order chi connectivity index (χ0) is 18.3. The molecule has 0 radical (unpaired) electrons. The van der Waals surface area contributed by atoms with E-state index in [1.807, 2.05) is 42.7 Å². The Balaban J connectivity index is 2.06. The fourth-order valence-electron chi connectivity index (χ4n) is 2.36. The number of carbonyl (C=O) groups is 1. The Morgan fingerprint density at radius 3 is 2.84 bits per heavy atom. The van der Waals surface area contributed by atoms with Crippen molar-refractivity contribution in [1.82, 2.24) is 20.1 Å². The molecule has 0 aliphatic carbocycles. The Bertz CT molecular complexity index is 762. The maximum absolute atomic E-state index is 12.3. The van der Waals surface area contributed by atoms with Crippen molar-refractivity contribution in [2.45, 2.75) is 37.4 Å². The van der Waals surface area contributed by atoms with Crippen molar-refractivity contribution in [3.63, 3.8) is 0 Å². The van der Waals surface area contributed by atoms with Crippen LogP contribution in [0.2, 0.25) is 0 Å². The maximum Gasteiger partial charge on any atom is 0.231 e. The first-order valence-corrected chi connectivity index (χ1v) is 9.02. The van der Waals surface area contributed by atoms with E-state index >= 15 is 0 Å². The molecule has 1 aromatic carbocycles. The molecular weight excluding hydrogens is 336 g/mol. The normalized spacial score (nSPS) is 11.0. The van der Waals surface area contributed by atoms with Crippen LogP contribution < -0.4 is 10.1 Å². The van der Waals surface area contributed by atoms with Crippen molar-refractivity contribution in [1.29, 1.82) is 0 Å². The van der Waals surface area contributed by atoms with Crippen molar-refractivity contribution in [2.75, 3.05) is 12.9 Å². The lowest BCUT2D eigenvalue weighted by atomic mass is 9.94. The lowest BCUT2D eigenvalue weighted by Crippen LogP contribution is -2.47. The summed E-state index contributed by atoms with van der Waals surface area (Å²) in [6.45, 7) is 3.94. The van der Waals surface area contributed by atoms with Crippen LogP contribution in [0.4, 0.5) is 0 Å². The Hall–Kier alpha value is -2.46. The largest absolute Gasteiger partial charge is 0.497 e. The molecule has 132 valence electrons. The van der Waals surface area contributed by atoms with Gasteiger partial charge in [0.25, 0.3) is 0 Å². The van der Waals surface area contributed by atoms with Crippen LogP contribution in [-0.2, 0) is 4.79 Å². The Morgan fingerprint density at radius 1 is 1.44 bits per heavy atom. The van der Waals surface area contributed by atoms with Gasteiger partial charge in [-0.25, -0.2) is 0 Å². The number of benzene rings is 1. The highest BCUT2D eigenvalue weighted by Gasteiger charge is 2.25. The summed E-state index contributed by atoms with van der Waals surface area (Å²) >= 11 is 1.31. The smallest absolute Gasteiger partial charge is 0.231 e. The number of aromatic nitrogens is 3. The van der Waals surface area contributed by atoms with Gasteiger partial charge in [-0.05, 0) is 25.0 Å². The molecule has 2 aromatic rings. The van der Waals surface area contributed by atoms with Gasteiger partial charge in [0, 0.05) is 6.07 Å². The molecule has 7 heteroatoms. The molecule has 0 saturated carbocycles. The van der Waals surface area contributed by atoms with Crippen LogP contribution in [0.5, 0.6) is 5.75 Å². The van der Waals surface area contributed by atoms with Gasteiger partial charge in [-0.3, -0.25) is 9.36 Å². The van der Waals surface area contributed by atoms with Gasteiger partial charge >= 0.3 is 0 Å². The fraction of sp³-hybridized carbons (Fsp3) is 0.389. The predicted octanol–water partition coefficient (Wildman–Crippen LogP) is 2.68. The second-order valence-electron chi connectivity index (χ2n) is 5.46. The Labute approximate surface area is 152 Å². The molecule has 0 saturated heterocycles. The van der Waals surface area contributed by atoms with E-state index in [2.05, 4.69) is 21.4 Å². The number of hydrogen-bond acceptors (Lipinski definition) is 5. The number of nitrogens with zero attached hydrogens (tertiary/aromatic N) is 3. The van der Waals surface area contributed by atoms with Crippen LogP contribution in [0.15, 0.2) is 35.7 Å². The molecule has 0 aliphatic rings. The van der Waals surface area contributed by atoms with Gasteiger partial charge < -0.3 is 10.1 Å². The van der Waals surface area contributed by atoms with E-state index in [0.717, 1.165) is 11.4 Å². The minimum Gasteiger partial charge on any atom is -0.497 e. The molecule has 0 spiro atoms. The van der Waals surface area contributed by atoms with Gasteiger partial charge in [-0.1, -0.05) is 37.6 Å². The number of nitrogens with one attached hydrogen (secondary N) is 1. The average Bonchev–Trinajstić information content (AvgIpc) is 3.13. The molecule has 0 unspecified atom stereocenters. The first-order chi connectivity index (χ1) is 12.1. The summed E-state index contributed by atoms with van der Waals surface area (Å²) in [6, 6.07) is 7.56. The first kappa shape index (κ1) is 18.9. The van der Waals surface area contributed by atoms with E-state index in [1.165, 1.54) is 11.8 Å². The van der Waals surface area contributed by atoms with Crippen molar-refractivity contribution < 1.29 is 9.53 Å². The molecule has 0 bridgehead atoms. The van der Waals surface area contributed by atoms with Crippen LogP contribution in [-0.4, -0.2) is 39.1 Å². The summed E-state index contributed by atoms with van der Waals surface area (Å²) in [7, 11) is 1.62. The quantitative estimate of drug-likeness (QED) is 0.580. The number of amides is 1. The van der Waals surface area contributed by atoms with Gasteiger partial charge in [0.05, 0.1) is 18.6 Å². The molecular formula is C18H22N4O2S. The molecule has 6 nitrogen and oxygen atoms in total. The second kappa shape index (κ2) is 8.58. The average molecular weight is 358 g/mol. The summed E-state index contributed by atoms with van der Waals surface area (Å²) in [6.07, 6.45) is 8.58. The predicted molar refractivity (Wildman–Crippen MR) is 98.9 cm³/mol. The molecule has 1 N–H and O–H groups in total. The summed E-state index contributed by atoms with van der Waals surface area (Å²) in [5, 5.41) is 11.6. The van der Waals surface area contributed by atoms with E-state index < -0.39 is 5.54 Å². The summed E-state index contributed by atoms with van der Waals surface area (Å²) in [4.78, 5) is 12.3. The van der Waals surface area contributed by atoms with Crippen LogP contribution in [0, 0.1) is 12.3 Å². The highest BCUT2D eigenvalue weighted by atomic mass is 32.2. The molecule has 1 aromatic heterocycles. The van der Waals surface area contributed by atoms with E-state index in [4.69, 9.17) is 11.2 Å². The molecule has 1 heterocycles. The van der Waals surface area contributed by atoms with Gasteiger partial charge in [0.15, 0.2) is 5.16 Å². The van der Waals surface area contributed by atoms with Crippen molar-refractivity contribution >= 4 is 17.7 Å². The highest BCUT2D eigenvalue weighted by Crippen LogP contribution is 2.22. The van der Waals surface area contributed by atoms with Gasteiger partial charge in [0.1, 0.15) is 17.6 Å². The van der Waals surface area contributed by atoms with Crippen LogP contribution in [0.25, 0.3) is 5.69 Å². The van der Waals surface area contributed by atoms with Crippen molar-refractivity contribution in [3.05, 3.63) is 30.6 Å². The molecule has 2 rings (SSSR count). The SMILES string of the molecule is C#CC(CC)(CC)NC(=O)CSc1nncn1-c1cccc(OC)c1. The number of hydrogen-bond donors (Lipinski definition) is 1. The zero-order valence-corrected chi connectivity index (χ0v) is 15.5. The standard InChI is InChI=1S/C18H22N4O2S/c1-5-18(6-2,7-3)20-16(23)12-25-17-21-19-13-22(17)14-9-8-10-15(11-14)24-4/h1,8-11,13H,6-7,12H2,2-4H3,(H,20,23). The van der Waals surface area contributed by atoms with Crippen LogP contribution >= 0.6 is 11.8 Å². The van der Waals surface area contributed by atoms with Gasteiger partial charge in [-0.15, -0.1) is 16.6 Å². The lowest BCUT2D eigenvalue weighted by molar-refractivity contribution is -0.119. The highest BCUT2D eigenvalue weighted by molar-refractivity contribution is 7.99. The molecule has 1 amide bonds. The van der Waals surface area contributed by atoms with E-state index in [-0.39, 0.29) is 11.7 Å². The lowest BCUT2D eigenvalue weighted by Gasteiger charge is -2.26. The molecule has 0 aliphatic heterocycles. The van der Waals surface area contributed by atoms with Gasteiger partial charge in [0.2, 0.25) is 5.91 Å². The third-order valence-corrected chi connectivity index (χ3v) is 4.99. The van der Waals surface area contributed by atoms with Crippen molar-refractivity contribution in [3.8, 4) is 23.8 Å².